The second kappa shape index (κ2) is 10.8. The number of fused-ring (bicyclic) bond motifs is 1. The lowest BCUT2D eigenvalue weighted by Gasteiger charge is -2.13. The fourth-order valence-corrected chi connectivity index (χ4v) is 3.58. The summed E-state index contributed by atoms with van der Waals surface area (Å²) in [5.74, 6) is 0.824. The summed E-state index contributed by atoms with van der Waals surface area (Å²) in [5, 5.41) is 14.5. The molecule has 0 radical (unpaired) electrons. The summed E-state index contributed by atoms with van der Waals surface area (Å²) in [6, 6.07) is 30.6. The molecule has 0 spiro atoms. The minimum absolute atomic E-state index is 0.0187. The molecule has 0 aliphatic rings. The van der Waals surface area contributed by atoms with E-state index in [9.17, 15) is 10.1 Å². The number of hydrogen-bond donors (Lipinski definition) is 1. The van der Waals surface area contributed by atoms with Crippen molar-refractivity contribution >= 4 is 28.4 Å². The van der Waals surface area contributed by atoms with Crippen LogP contribution in [0, 0.1) is 11.3 Å². The Morgan fingerprint density at radius 1 is 0.912 bits per heavy atom. The van der Waals surface area contributed by atoms with Gasteiger partial charge < -0.3 is 14.8 Å². The summed E-state index contributed by atoms with van der Waals surface area (Å²) < 4.78 is 11.5. The molecule has 1 amide bonds. The maximum atomic E-state index is 12.9. The number of nitriles is 1. The van der Waals surface area contributed by atoms with Crippen LogP contribution in [0.3, 0.4) is 0 Å². The molecule has 0 atom stereocenters. The number of nitrogens with zero attached hydrogens (tertiary/aromatic N) is 1. The number of anilines is 1. The van der Waals surface area contributed by atoms with Crippen LogP contribution in [-0.2, 0) is 11.4 Å². The largest absolute Gasteiger partial charge is 0.494 e. The molecule has 0 saturated carbocycles. The lowest BCUT2D eigenvalue weighted by molar-refractivity contribution is -0.112. The summed E-state index contributed by atoms with van der Waals surface area (Å²) in [7, 11) is 0. The van der Waals surface area contributed by atoms with E-state index in [-0.39, 0.29) is 5.57 Å². The lowest BCUT2D eigenvalue weighted by atomic mass is 10.0. The third-order valence-electron chi connectivity index (χ3n) is 5.24. The van der Waals surface area contributed by atoms with Gasteiger partial charge in [0.1, 0.15) is 29.7 Å². The van der Waals surface area contributed by atoms with Crippen LogP contribution >= 0.6 is 0 Å². The van der Waals surface area contributed by atoms with Gasteiger partial charge in [-0.2, -0.15) is 5.26 Å². The third-order valence-corrected chi connectivity index (χ3v) is 5.24. The summed E-state index contributed by atoms with van der Waals surface area (Å²) >= 11 is 0. The van der Waals surface area contributed by atoms with Gasteiger partial charge in [0, 0.05) is 11.3 Å². The molecule has 0 bridgehead atoms. The van der Waals surface area contributed by atoms with E-state index in [1.165, 1.54) is 0 Å². The average Bonchev–Trinajstić information content (AvgIpc) is 2.88. The molecule has 0 fully saturated rings. The minimum Gasteiger partial charge on any atom is -0.494 e. The van der Waals surface area contributed by atoms with E-state index in [0.717, 1.165) is 16.3 Å². The third kappa shape index (κ3) is 5.43. The molecule has 168 valence electrons. The second-order valence-corrected chi connectivity index (χ2v) is 7.55. The zero-order valence-electron chi connectivity index (χ0n) is 18.8. The molecule has 0 unspecified atom stereocenters. The van der Waals surface area contributed by atoms with E-state index in [4.69, 9.17) is 9.47 Å². The Bertz CT molecular complexity index is 1350. The highest BCUT2D eigenvalue weighted by Crippen LogP contribution is 2.31. The zero-order valence-corrected chi connectivity index (χ0v) is 18.8. The Labute approximate surface area is 198 Å². The van der Waals surface area contributed by atoms with Crippen molar-refractivity contribution in [3.05, 3.63) is 108 Å². The molecule has 0 aromatic heterocycles. The Hall–Kier alpha value is -4.56. The highest BCUT2D eigenvalue weighted by Gasteiger charge is 2.14. The van der Waals surface area contributed by atoms with Crippen molar-refractivity contribution in [3.8, 4) is 17.6 Å². The van der Waals surface area contributed by atoms with Crippen LogP contribution < -0.4 is 14.8 Å². The monoisotopic (exact) mass is 448 g/mol. The molecule has 4 aromatic carbocycles. The number of amides is 1. The first-order chi connectivity index (χ1) is 16.7. The SMILES string of the molecule is CCOc1ccc(NC(=O)/C(C#N)=C\c2c(OCc3ccccc3)ccc3ccccc23)cc1. The number of carbonyl (C=O) groups excluding carboxylic acids is 1. The molecule has 4 aromatic rings. The van der Waals surface area contributed by atoms with Gasteiger partial charge in [-0.25, -0.2) is 0 Å². The van der Waals surface area contributed by atoms with E-state index in [1.807, 2.05) is 79.7 Å². The lowest BCUT2D eigenvalue weighted by Crippen LogP contribution is -2.13. The quantitative estimate of drug-likeness (QED) is 0.251. The number of benzene rings is 4. The van der Waals surface area contributed by atoms with Gasteiger partial charge in [-0.15, -0.1) is 0 Å². The highest BCUT2D eigenvalue weighted by atomic mass is 16.5. The molecular formula is C29H24N2O3. The molecule has 0 heterocycles. The summed E-state index contributed by atoms with van der Waals surface area (Å²) in [6.45, 7) is 2.85. The standard InChI is InChI=1S/C29H24N2O3/c1-2-33-25-15-13-24(14-16-25)31-29(32)23(19-30)18-27-26-11-7-6-10-22(26)12-17-28(27)34-20-21-8-4-3-5-9-21/h3-18H,2,20H2,1H3,(H,31,32)/b23-18-. The van der Waals surface area contributed by atoms with Crippen molar-refractivity contribution in [1.82, 2.24) is 0 Å². The van der Waals surface area contributed by atoms with Crippen LogP contribution in [0.2, 0.25) is 0 Å². The van der Waals surface area contributed by atoms with Gasteiger partial charge in [0.15, 0.2) is 0 Å². The zero-order chi connectivity index (χ0) is 23.8. The number of rotatable bonds is 8. The van der Waals surface area contributed by atoms with Crippen LogP contribution in [0.25, 0.3) is 16.8 Å². The number of ether oxygens (including phenoxy) is 2. The first kappa shape index (κ1) is 22.6. The van der Waals surface area contributed by atoms with Crippen LogP contribution in [0.1, 0.15) is 18.1 Å². The minimum atomic E-state index is -0.492. The smallest absolute Gasteiger partial charge is 0.266 e. The molecule has 5 heteroatoms. The molecule has 1 N–H and O–H groups in total. The van der Waals surface area contributed by atoms with Gasteiger partial charge >= 0.3 is 0 Å². The highest BCUT2D eigenvalue weighted by molar-refractivity contribution is 6.11. The van der Waals surface area contributed by atoms with Crippen molar-refractivity contribution < 1.29 is 14.3 Å². The number of carbonyl (C=O) groups is 1. The van der Waals surface area contributed by atoms with Crippen molar-refractivity contribution in [2.75, 3.05) is 11.9 Å². The van der Waals surface area contributed by atoms with E-state index < -0.39 is 5.91 Å². The van der Waals surface area contributed by atoms with Gasteiger partial charge in [-0.1, -0.05) is 60.7 Å². The number of hydrogen-bond acceptors (Lipinski definition) is 4. The molecule has 34 heavy (non-hydrogen) atoms. The van der Waals surface area contributed by atoms with Crippen molar-refractivity contribution in [1.29, 1.82) is 5.26 Å². The first-order valence-corrected chi connectivity index (χ1v) is 11.0. The maximum absolute atomic E-state index is 12.9. The van der Waals surface area contributed by atoms with Gasteiger partial charge in [-0.05, 0) is 59.7 Å². The number of nitrogens with one attached hydrogen (secondary N) is 1. The Balaban J connectivity index is 1.64. The van der Waals surface area contributed by atoms with Crippen LogP contribution in [0.5, 0.6) is 11.5 Å². The fraction of sp³-hybridized carbons (Fsp3) is 0.103. The molecular weight excluding hydrogens is 424 g/mol. The van der Waals surface area contributed by atoms with Crippen LogP contribution in [-0.4, -0.2) is 12.5 Å². The van der Waals surface area contributed by atoms with Gasteiger partial charge in [-0.3, -0.25) is 4.79 Å². The van der Waals surface area contributed by atoms with Gasteiger partial charge in [0.05, 0.1) is 6.61 Å². The summed E-state index contributed by atoms with van der Waals surface area (Å²) in [6.07, 6.45) is 1.59. The Morgan fingerprint density at radius 2 is 1.65 bits per heavy atom. The second-order valence-electron chi connectivity index (χ2n) is 7.55. The van der Waals surface area contributed by atoms with Crippen molar-refractivity contribution in [2.45, 2.75) is 13.5 Å². The van der Waals surface area contributed by atoms with Gasteiger partial charge in [0.2, 0.25) is 0 Å². The summed E-state index contributed by atoms with van der Waals surface area (Å²) in [4.78, 5) is 12.9. The van der Waals surface area contributed by atoms with E-state index in [2.05, 4.69) is 5.32 Å². The Kier molecular flexibility index (Phi) is 7.22. The normalized spacial score (nSPS) is 11.0. The average molecular weight is 449 g/mol. The van der Waals surface area contributed by atoms with E-state index in [1.54, 1.807) is 30.3 Å². The topological polar surface area (TPSA) is 71.3 Å². The molecule has 5 nitrogen and oxygen atoms in total. The predicted octanol–water partition coefficient (Wildman–Crippen LogP) is 6.36. The molecule has 4 rings (SSSR count). The molecule has 0 saturated heterocycles. The maximum Gasteiger partial charge on any atom is 0.266 e. The summed E-state index contributed by atoms with van der Waals surface area (Å²) in [5.41, 5.74) is 2.27. The van der Waals surface area contributed by atoms with E-state index >= 15 is 0 Å². The molecule has 0 aliphatic heterocycles. The molecule has 0 aliphatic carbocycles. The predicted molar refractivity (Wildman–Crippen MR) is 135 cm³/mol. The first-order valence-electron chi connectivity index (χ1n) is 11.0. The van der Waals surface area contributed by atoms with E-state index in [0.29, 0.717) is 36.0 Å². The van der Waals surface area contributed by atoms with Crippen molar-refractivity contribution in [2.24, 2.45) is 0 Å². The Morgan fingerprint density at radius 3 is 2.38 bits per heavy atom. The van der Waals surface area contributed by atoms with Crippen molar-refractivity contribution in [3.63, 3.8) is 0 Å². The van der Waals surface area contributed by atoms with Crippen LogP contribution in [0.15, 0.2) is 96.6 Å². The van der Waals surface area contributed by atoms with Gasteiger partial charge in [0.25, 0.3) is 5.91 Å². The van der Waals surface area contributed by atoms with Crippen LogP contribution in [0.4, 0.5) is 5.69 Å². The fourth-order valence-electron chi connectivity index (χ4n) is 3.58.